The van der Waals surface area contributed by atoms with Gasteiger partial charge in [-0.1, -0.05) is 0 Å². The molecule has 0 radical (unpaired) electrons. The van der Waals surface area contributed by atoms with Gasteiger partial charge in [-0.05, 0) is 64.2 Å². The summed E-state index contributed by atoms with van der Waals surface area (Å²) in [5, 5.41) is 14.6. The zero-order valence-electron chi connectivity index (χ0n) is 11.1. The monoisotopic (exact) mass is 251 g/mol. The van der Waals surface area contributed by atoms with Crippen LogP contribution in [0.5, 0.6) is 0 Å². The minimum atomic E-state index is -0.612. The molecule has 0 aromatic carbocycles. The second kappa shape index (κ2) is 4.17. The molecule has 6 saturated heterocycles. The van der Waals surface area contributed by atoms with E-state index in [-0.39, 0.29) is 0 Å². The molecule has 2 atom stereocenters. The highest BCUT2D eigenvalue weighted by Gasteiger charge is 2.48. The maximum atomic E-state index is 11.0. The van der Waals surface area contributed by atoms with Crippen LogP contribution < -0.4 is 5.32 Å². The highest BCUT2D eigenvalue weighted by Crippen LogP contribution is 2.37. The van der Waals surface area contributed by atoms with E-state index in [1.54, 1.807) is 0 Å². The molecule has 0 aliphatic carbocycles. The van der Waals surface area contributed by atoms with Gasteiger partial charge in [0, 0.05) is 12.5 Å². The Kier molecular flexibility index (Phi) is 2.70. The standard InChI is InChI=1S/C14H25N3O/c18-14(10-16-5-3-12(14)4-6-16)15-13-9-11-1-7-17(13)8-2-11/h11-13,15,18H,1-10H2. The van der Waals surface area contributed by atoms with E-state index in [9.17, 15) is 5.11 Å². The van der Waals surface area contributed by atoms with Gasteiger partial charge in [-0.3, -0.25) is 15.1 Å². The van der Waals surface area contributed by atoms with Crippen molar-refractivity contribution in [3.8, 4) is 0 Å². The molecule has 4 nitrogen and oxygen atoms in total. The zero-order valence-corrected chi connectivity index (χ0v) is 11.1. The van der Waals surface area contributed by atoms with Crippen LogP contribution in [0.15, 0.2) is 0 Å². The van der Waals surface area contributed by atoms with Gasteiger partial charge in [0.1, 0.15) is 5.72 Å². The van der Waals surface area contributed by atoms with E-state index in [1.165, 1.54) is 58.3 Å². The molecular formula is C14H25N3O. The smallest absolute Gasteiger partial charge is 0.132 e. The summed E-state index contributed by atoms with van der Waals surface area (Å²) in [4.78, 5) is 4.97. The van der Waals surface area contributed by atoms with Gasteiger partial charge in [-0.25, -0.2) is 0 Å². The van der Waals surface area contributed by atoms with Crippen LogP contribution in [0.1, 0.15) is 32.1 Å². The quantitative estimate of drug-likeness (QED) is 0.698. The first-order chi connectivity index (χ1) is 8.73. The van der Waals surface area contributed by atoms with Crippen molar-refractivity contribution in [3.05, 3.63) is 0 Å². The van der Waals surface area contributed by atoms with E-state index >= 15 is 0 Å². The lowest BCUT2D eigenvalue weighted by molar-refractivity contribution is -0.156. The van der Waals surface area contributed by atoms with Crippen LogP contribution in [0.25, 0.3) is 0 Å². The highest BCUT2D eigenvalue weighted by atomic mass is 16.3. The number of nitrogens with zero attached hydrogens (tertiary/aromatic N) is 2. The van der Waals surface area contributed by atoms with Crippen molar-refractivity contribution in [1.29, 1.82) is 0 Å². The van der Waals surface area contributed by atoms with Gasteiger partial charge in [0.05, 0.1) is 6.17 Å². The van der Waals surface area contributed by atoms with Gasteiger partial charge in [0.25, 0.3) is 0 Å². The van der Waals surface area contributed by atoms with Crippen LogP contribution in [0.3, 0.4) is 0 Å². The highest BCUT2D eigenvalue weighted by molar-refractivity contribution is 4.99. The van der Waals surface area contributed by atoms with E-state index in [0.717, 1.165) is 12.5 Å². The van der Waals surface area contributed by atoms with Crippen LogP contribution in [-0.2, 0) is 0 Å². The molecule has 4 bridgehead atoms. The van der Waals surface area contributed by atoms with E-state index in [2.05, 4.69) is 15.1 Å². The molecule has 102 valence electrons. The Balaban J connectivity index is 1.47. The lowest BCUT2D eigenvalue weighted by Gasteiger charge is -2.55. The van der Waals surface area contributed by atoms with Crippen LogP contribution in [0.4, 0.5) is 0 Å². The molecule has 0 aromatic rings. The molecule has 0 saturated carbocycles. The molecule has 0 amide bonds. The summed E-state index contributed by atoms with van der Waals surface area (Å²) in [5.74, 6) is 1.38. The second-order valence-corrected chi connectivity index (χ2v) is 6.85. The van der Waals surface area contributed by atoms with Crippen molar-refractivity contribution in [3.63, 3.8) is 0 Å². The molecule has 6 aliphatic rings. The summed E-state index contributed by atoms with van der Waals surface area (Å²) in [6.45, 7) is 5.67. The van der Waals surface area contributed by atoms with Crippen molar-refractivity contribution in [2.24, 2.45) is 11.8 Å². The lowest BCUT2D eigenvalue weighted by Crippen LogP contribution is -2.71. The Morgan fingerprint density at radius 3 is 2.22 bits per heavy atom. The van der Waals surface area contributed by atoms with Gasteiger partial charge in [-0.15, -0.1) is 0 Å². The van der Waals surface area contributed by atoms with Crippen molar-refractivity contribution in [2.75, 3.05) is 32.7 Å². The van der Waals surface area contributed by atoms with E-state index in [1.807, 2.05) is 0 Å². The average molecular weight is 251 g/mol. The van der Waals surface area contributed by atoms with Gasteiger partial charge >= 0.3 is 0 Å². The molecular weight excluding hydrogens is 226 g/mol. The number of rotatable bonds is 2. The minimum absolute atomic E-state index is 0.433. The van der Waals surface area contributed by atoms with Gasteiger partial charge in [0.15, 0.2) is 0 Å². The predicted octanol–water partition coefficient (Wildman–Crippen LogP) is 0.432. The molecule has 2 unspecified atom stereocenters. The second-order valence-electron chi connectivity index (χ2n) is 6.85. The number of nitrogens with one attached hydrogen (secondary N) is 1. The Morgan fingerprint density at radius 1 is 1.00 bits per heavy atom. The third-order valence-corrected chi connectivity index (χ3v) is 5.79. The summed E-state index contributed by atoms with van der Waals surface area (Å²) in [6, 6.07) is 0. The molecule has 2 N–H and O–H groups in total. The Morgan fingerprint density at radius 2 is 1.72 bits per heavy atom. The molecule has 6 aliphatic heterocycles. The SMILES string of the molecule is OC1(NC2CC3CCN2CC3)CN2CCC1CC2. The average Bonchev–Trinajstić information content (AvgIpc) is 2.40. The molecule has 0 spiro atoms. The Bertz CT molecular complexity index is 321. The summed E-state index contributed by atoms with van der Waals surface area (Å²) < 4.78 is 0. The molecule has 0 aromatic heterocycles. The largest absolute Gasteiger partial charge is 0.374 e. The molecule has 4 heteroatoms. The normalized spacial score (nSPS) is 54.8. The third kappa shape index (κ3) is 1.82. The lowest BCUT2D eigenvalue weighted by atomic mass is 9.79. The van der Waals surface area contributed by atoms with Crippen molar-refractivity contribution < 1.29 is 5.11 Å². The van der Waals surface area contributed by atoms with E-state index in [0.29, 0.717) is 12.1 Å². The Labute approximate surface area is 109 Å². The summed E-state index contributed by atoms with van der Waals surface area (Å²) >= 11 is 0. The third-order valence-electron chi connectivity index (χ3n) is 5.79. The fraction of sp³-hybridized carbons (Fsp3) is 1.00. The topological polar surface area (TPSA) is 38.7 Å². The van der Waals surface area contributed by atoms with E-state index < -0.39 is 5.72 Å². The summed E-state index contributed by atoms with van der Waals surface area (Å²) in [6.07, 6.45) is 6.75. The maximum absolute atomic E-state index is 11.0. The van der Waals surface area contributed by atoms with Crippen LogP contribution >= 0.6 is 0 Å². The first kappa shape index (κ1) is 11.6. The molecule has 6 rings (SSSR count). The van der Waals surface area contributed by atoms with Gasteiger partial charge in [0.2, 0.25) is 0 Å². The minimum Gasteiger partial charge on any atom is -0.374 e. The van der Waals surface area contributed by atoms with Crippen LogP contribution in [0, 0.1) is 11.8 Å². The number of piperidine rings is 6. The first-order valence-electron chi connectivity index (χ1n) is 7.69. The molecule has 6 fully saturated rings. The fourth-order valence-corrected chi connectivity index (χ4v) is 4.61. The van der Waals surface area contributed by atoms with Crippen molar-refractivity contribution in [2.45, 2.75) is 44.0 Å². The first-order valence-corrected chi connectivity index (χ1v) is 7.69. The van der Waals surface area contributed by atoms with Crippen molar-refractivity contribution >= 4 is 0 Å². The van der Waals surface area contributed by atoms with Gasteiger partial charge in [-0.2, -0.15) is 0 Å². The number of hydrogen-bond donors (Lipinski definition) is 2. The molecule has 6 heterocycles. The molecule has 18 heavy (non-hydrogen) atoms. The van der Waals surface area contributed by atoms with Crippen LogP contribution in [0.2, 0.25) is 0 Å². The zero-order chi connectivity index (χ0) is 12.2. The number of hydrogen-bond acceptors (Lipinski definition) is 4. The van der Waals surface area contributed by atoms with E-state index in [4.69, 9.17) is 0 Å². The number of fused-ring (bicyclic) bond motifs is 6. The van der Waals surface area contributed by atoms with Crippen molar-refractivity contribution in [1.82, 2.24) is 15.1 Å². The number of aliphatic hydroxyl groups is 1. The summed E-state index contributed by atoms with van der Waals surface area (Å²) in [7, 11) is 0. The fourth-order valence-electron chi connectivity index (χ4n) is 4.61. The summed E-state index contributed by atoms with van der Waals surface area (Å²) in [5.41, 5.74) is -0.612. The Hall–Kier alpha value is -0.160. The predicted molar refractivity (Wildman–Crippen MR) is 70.0 cm³/mol. The van der Waals surface area contributed by atoms with Gasteiger partial charge < -0.3 is 5.11 Å². The maximum Gasteiger partial charge on any atom is 0.132 e. The van der Waals surface area contributed by atoms with Crippen LogP contribution in [-0.4, -0.2) is 59.5 Å².